The van der Waals surface area contributed by atoms with Gasteiger partial charge < -0.3 is 10.2 Å². The summed E-state index contributed by atoms with van der Waals surface area (Å²) in [5.74, 6) is -0.120. The Balaban J connectivity index is 1.75. The normalized spacial score (nSPS) is 15.6. The maximum absolute atomic E-state index is 13.1. The number of rotatable bonds is 4. The summed E-state index contributed by atoms with van der Waals surface area (Å²) in [7, 11) is 1.97. The van der Waals surface area contributed by atoms with Gasteiger partial charge in [0.05, 0.1) is 17.8 Å². The van der Waals surface area contributed by atoms with E-state index in [1.54, 1.807) is 16.8 Å². The monoisotopic (exact) mass is 344 g/mol. The van der Waals surface area contributed by atoms with Gasteiger partial charge in [0.1, 0.15) is 5.82 Å². The first-order valence-corrected chi connectivity index (χ1v) is 8.75. The largest absolute Gasteiger partial charge is 0.342 e. The summed E-state index contributed by atoms with van der Waals surface area (Å²) in [5.41, 5.74) is 3.54. The van der Waals surface area contributed by atoms with E-state index >= 15 is 0 Å². The zero-order valence-electron chi connectivity index (χ0n) is 15.1. The summed E-state index contributed by atoms with van der Waals surface area (Å²) in [6.07, 6.45) is 2.35. The van der Waals surface area contributed by atoms with Crippen LogP contribution in [0.2, 0.25) is 0 Å². The molecule has 0 aliphatic carbocycles. The van der Waals surface area contributed by atoms with Crippen LogP contribution in [0.1, 0.15) is 29.8 Å². The minimum Gasteiger partial charge on any atom is -0.342 e. The minimum atomic E-state index is -0.273. The van der Waals surface area contributed by atoms with Crippen molar-refractivity contribution in [3.8, 4) is 5.69 Å². The maximum Gasteiger partial charge on any atom is 0.227 e. The third kappa shape index (κ3) is 3.74. The number of aryl methyl sites for hydroxylation is 1. The lowest BCUT2D eigenvalue weighted by Gasteiger charge is -2.32. The quantitative estimate of drug-likeness (QED) is 0.926. The lowest BCUT2D eigenvalue weighted by atomic mass is 10.0. The zero-order valence-corrected chi connectivity index (χ0v) is 15.1. The molecule has 5 nitrogen and oxygen atoms in total. The number of hydrogen-bond donors (Lipinski definition) is 1. The Morgan fingerprint density at radius 3 is 2.48 bits per heavy atom. The van der Waals surface area contributed by atoms with Crippen LogP contribution in [0.3, 0.4) is 0 Å². The molecule has 0 saturated carbocycles. The van der Waals surface area contributed by atoms with E-state index in [0.717, 1.165) is 48.6 Å². The Bertz CT molecular complexity index is 746. The van der Waals surface area contributed by atoms with E-state index in [9.17, 15) is 9.18 Å². The number of likely N-dealkylation sites (tertiary alicyclic amines) is 1. The Morgan fingerprint density at radius 2 is 1.88 bits per heavy atom. The van der Waals surface area contributed by atoms with Crippen molar-refractivity contribution in [2.24, 2.45) is 0 Å². The zero-order chi connectivity index (χ0) is 18.0. The number of nitrogens with one attached hydrogen (secondary N) is 1. The van der Waals surface area contributed by atoms with E-state index in [1.165, 1.54) is 12.1 Å². The summed E-state index contributed by atoms with van der Waals surface area (Å²) in [6, 6.07) is 6.74. The molecule has 0 spiro atoms. The summed E-state index contributed by atoms with van der Waals surface area (Å²) in [6.45, 7) is 5.48. The molecule has 6 heteroatoms. The SMILES string of the molecule is CNC1CCN(C(=O)Cc2c(C)nn(-c3ccc(F)cc3)c2C)CC1. The second-order valence-corrected chi connectivity index (χ2v) is 6.66. The van der Waals surface area contributed by atoms with Gasteiger partial charge in [-0.2, -0.15) is 5.10 Å². The molecule has 3 rings (SSSR count). The van der Waals surface area contributed by atoms with Crippen molar-refractivity contribution in [3.63, 3.8) is 0 Å². The van der Waals surface area contributed by atoms with Crippen molar-refractivity contribution < 1.29 is 9.18 Å². The number of halogens is 1. The molecule has 1 aliphatic rings. The fourth-order valence-corrected chi connectivity index (χ4v) is 3.45. The van der Waals surface area contributed by atoms with Crippen LogP contribution in [-0.2, 0) is 11.2 Å². The molecule has 1 saturated heterocycles. The van der Waals surface area contributed by atoms with Crippen molar-refractivity contribution in [1.82, 2.24) is 20.0 Å². The molecule has 134 valence electrons. The lowest BCUT2D eigenvalue weighted by molar-refractivity contribution is -0.131. The second kappa shape index (κ2) is 7.35. The molecule has 0 unspecified atom stereocenters. The molecular weight excluding hydrogens is 319 g/mol. The molecule has 0 atom stereocenters. The van der Waals surface area contributed by atoms with Gasteiger partial charge in [0.25, 0.3) is 0 Å². The second-order valence-electron chi connectivity index (χ2n) is 6.66. The molecule has 1 fully saturated rings. The topological polar surface area (TPSA) is 50.2 Å². The van der Waals surface area contributed by atoms with Crippen LogP contribution in [-0.4, -0.2) is 46.8 Å². The molecule has 2 heterocycles. The van der Waals surface area contributed by atoms with Crippen LogP contribution >= 0.6 is 0 Å². The summed E-state index contributed by atoms with van der Waals surface area (Å²) >= 11 is 0. The van der Waals surface area contributed by atoms with Crippen molar-refractivity contribution in [3.05, 3.63) is 47.0 Å². The van der Waals surface area contributed by atoms with Crippen LogP contribution < -0.4 is 5.32 Å². The molecule has 1 aromatic heterocycles. The van der Waals surface area contributed by atoms with Gasteiger partial charge in [-0.05, 0) is 58.0 Å². The first-order chi connectivity index (χ1) is 12.0. The molecule has 1 amide bonds. The maximum atomic E-state index is 13.1. The van der Waals surface area contributed by atoms with Crippen LogP contribution in [0.5, 0.6) is 0 Å². The Kier molecular flexibility index (Phi) is 5.18. The van der Waals surface area contributed by atoms with E-state index in [2.05, 4.69) is 10.4 Å². The highest BCUT2D eigenvalue weighted by atomic mass is 19.1. The Labute approximate surface area is 147 Å². The van der Waals surface area contributed by atoms with Crippen LogP contribution in [0, 0.1) is 19.7 Å². The number of nitrogens with zero attached hydrogens (tertiary/aromatic N) is 3. The first kappa shape index (κ1) is 17.6. The van der Waals surface area contributed by atoms with Crippen molar-refractivity contribution >= 4 is 5.91 Å². The predicted octanol–water partition coefficient (Wildman–Crippen LogP) is 2.38. The fraction of sp³-hybridized carbons (Fsp3) is 0.474. The number of piperidine rings is 1. The highest BCUT2D eigenvalue weighted by molar-refractivity contribution is 5.79. The number of aromatic nitrogens is 2. The third-order valence-electron chi connectivity index (χ3n) is 5.10. The Morgan fingerprint density at radius 1 is 1.24 bits per heavy atom. The number of amides is 1. The van der Waals surface area contributed by atoms with Gasteiger partial charge in [-0.3, -0.25) is 4.79 Å². The smallest absolute Gasteiger partial charge is 0.227 e. The minimum absolute atomic E-state index is 0.152. The number of carbonyl (C=O) groups is 1. The molecule has 25 heavy (non-hydrogen) atoms. The van der Waals surface area contributed by atoms with Gasteiger partial charge in [-0.25, -0.2) is 9.07 Å². The van der Waals surface area contributed by atoms with Gasteiger partial charge in [-0.1, -0.05) is 0 Å². The van der Waals surface area contributed by atoms with Crippen LogP contribution in [0.15, 0.2) is 24.3 Å². The lowest BCUT2D eigenvalue weighted by Crippen LogP contribution is -2.44. The average Bonchev–Trinajstić information content (AvgIpc) is 2.90. The van der Waals surface area contributed by atoms with E-state index < -0.39 is 0 Å². The third-order valence-corrected chi connectivity index (χ3v) is 5.10. The van der Waals surface area contributed by atoms with Gasteiger partial charge >= 0.3 is 0 Å². The van der Waals surface area contributed by atoms with E-state index in [4.69, 9.17) is 0 Å². The molecule has 1 N–H and O–H groups in total. The molecule has 1 aliphatic heterocycles. The van der Waals surface area contributed by atoms with Gasteiger partial charge in [0, 0.05) is 30.4 Å². The first-order valence-electron chi connectivity index (χ1n) is 8.75. The summed E-state index contributed by atoms with van der Waals surface area (Å²) < 4.78 is 14.9. The highest BCUT2D eigenvalue weighted by Gasteiger charge is 2.24. The number of benzene rings is 1. The van der Waals surface area contributed by atoms with Crippen molar-refractivity contribution in [2.45, 2.75) is 39.2 Å². The highest BCUT2D eigenvalue weighted by Crippen LogP contribution is 2.20. The summed E-state index contributed by atoms with van der Waals surface area (Å²) in [5, 5.41) is 7.83. The number of hydrogen-bond acceptors (Lipinski definition) is 3. The molecule has 1 aromatic carbocycles. The molecule has 0 bridgehead atoms. The van der Waals surface area contributed by atoms with E-state index in [1.807, 2.05) is 25.8 Å². The van der Waals surface area contributed by atoms with Crippen LogP contribution in [0.25, 0.3) is 5.69 Å². The molecular formula is C19H25FN4O. The van der Waals surface area contributed by atoms with Crippen molar-refractivity contribution in [2.75, 3.05) is 20.1 Å². The summed E-state index contributed by atoms with van der Waals surface area (Å²) in [4.78, 5) is 14.6. The molecule has 2 aromatic rings. The Hall–Kier alpha value is -2.21. The standard InChI is InChI=1S/C19H25FN4O/c1-13-18(12-19(25)23-10-8-16(21-3)9-11-23)14(2)24(22-13)17-6-4-15(20)5-7-17/h4-7,16,21H,8-12H2,1-3H3. The average molecular weight is 344 g/mol. The van der Waals surface area contributed by atoms with Crippen molar-refractivity contribution in [1.29, 1.82) is 0 Å². The van der Waals surface area contributed by atoms with E-state index in [-0.39, 0.29) is 11.7 Å². The van der Waals surface area contributed by atoms with Gasteiger partial charge in [0.2, 0.25) is 5.91 Å². The fourth-order valence-electron chi connectivity index (χ4n) is 3.45. The van der Waals surface area contributed by atoms with Gasteiger partial charge in [0.15, 0.2) is 0 Å². The van der Waals surface area contributed by atoms with E-state index in [0.29, 0.717) is 12.5 Å². The van der Waals surface area contributed by atoms with Crippen LogP contribution in [0.4, 0.5) is 4.39 Å². The van der Waals surface area contributed by atoms with Gasteiger partial charge in [-0.15, -0.1) is 0 Å². The number of carbonyl (C=O) groups excluding carboxylic acids is 1. The predicted molar refractivity (Wildman–Crippen MR) is 95.4 cm³/mol. The molecule has 0 radical (unpaired) electrons.